The fraction of sp³-hybridized carbons (Fsp3) is 0.231. The van der Waals surface area contributed by atoms with E-state index in [0.29, 0.717) is 15.8 Å². The van der Waals surface area contributed by atoms with Crippen LogP contribution in [0.3, 0.4) is 0 Å². The van der Waals surface area contributed by atoms with Crippen molar-refractivity contribution in [1.82, 2.24) is 10.9 Å². The Balaban J connectivity index is 2.18. The van der Waals surface area contributed by atoms with Crippen molar-refractivity contribution in [2.75, 3.05) is 6.61 Å². The first-order chi connectivity index (χ1) is 9.52. The van der Waals surface area contributed by atoms with E-state index in [1.54, 1.807) is 19.9 Å². The Morgan fingerprint density at radius 2 is 2.10 bits per heavy atom. The highest BCUT2D eigenvalue weighted by Gasteiger charge is 2.16. The molecule has 7 heteroatoms. The summed E-state index contributed by atoms with van der Waals surface area (Å²) in [5.74, 6) is -0.813. The molecule has 1 aromatic heterocycles. The van der Waals surface area contributed by atoms with E-state index in [1.807, 2.05) is 0 Å². The van der Waals surface area contributed by atoms with Crippen LogP contribution in [0.5, 0.6) is 0 Å². The van der Waals surface area contributed by atoms with Gasteiger partial charge in [-0.2, -0.15) is 0 Å². The van der Waals surface area contributed by atoms with Crippen LogP contribution in [0.15, 0.2) is 18.2 Å². The first-order valence-corrected chi connectivity index (χ1v) is 6.76. The average molecular weight is 296 g/mol. The molecule has 0 fully saturated rings. The predicted molar refractivity (Wildman–Crippen MR) is 74.1 cm³/mol. The maximum absolute atomic E-state index is 13.2. The summed E-state index contributed by atoms with van der Waals surface area (Å²) in [5, 5.41) is 0.691. The van der Waals surface area contributed by atoms with E-state index in [-0.39, 0.29) is 12.4 Å². The minimum atomic E-state index is -0.731. The number of benzene rings is 1. The first-order valence-electron chi connectivity index (χ1n) is 5.94. The van der Waals surface area contributed by atoms with Gasteiger partial charge in [-0.15, -0.1) is 11.3 Å². The molecule has 0 aliphatic carbocycles. The molecule has 0 saturated carbocycles. The predicted octanol–water partition coefficient (Wildman–Crippen LogP) is 2.74. The standard InChI is InChI=1S/C13H13FN2O3S/c1-3-19-13(18)16-15-12(17)11-7(2)9-6-8(14)4-5-10(9)20-11/h4-6H,3H2,1-2H3,(H,15,17)(H,16,18). The Hall–Kier alpha value is -2.15. The zero-order chi connectivity index (χ0) is 14.7. The Morgan fingerprint density at radius 3 is 2.80 bits per heavy atom. The van der Waals surface area contributed by atoms with Crippen molar-refractivity contribution < 1.29 is 18.7 Å². The largest absolute Gasteiger partial charge is 0.449 e. The molecule has 2 rings (SSSR count). The number of hydrogen-bond donors (Lipinski definition) is 2. The van der Waals surface area contributed by atoms with Crippen molar-refractivity contribution in [2.45, 2.75) is 13.8 Å². The van der Waals surface area contributed by atoms with Crippen molar-refractivity contribution in [3.05, 3.63) is 34.5 Å². The second kappa shape index (κ2) is 5.87. The number of halogens is 1. The summed E-state index contributed by atoms with van der Waals surface area (Å²) in [7, 11) is 0. The monoisotopic (exact) mass is 296 g/mol. The molecule has 0 spiro atoms. The number of thiophene rings is 1. The van der Waals surface area contributed by atoms with E-state index in [4.69, 9.17) is 0 Å². The summed E-state index contributed by atoms with van der Waals surface area (Å²) in [4.78, 5) is 23.5. The van der Waals surface area contributed by atoms with Gasteiger partial charge in [0.15, 0.2) is 0 Å². The van der Waals surface area contributed by atoms with Gasteiger partial charge in [-0.25, -0.2) is 14.6 Å². The fourth-order valence-corrected chi connectivity index (χ4v) is 2.83. The molecule has 2 aromatic rings. The number of amides is 2. The van der Waals surface area contributed by atoms with Gasteiger partial charge < -0.3 is 4.74 Å². The molecule has 0 aliphatic rings. The summed E-state index contributed by atoms with van der Waals surface area (Å²) >= 11 is 1.23. The molecule has 5 nitrogen and oxygen atoms in total. The van der Waals surface area contributed by atoms with E-state index in [2.05, 4.69) is 15.6 Å². The van der Waals surface area contributed by atoms with Gasteiger partial charge in [-0.1, -0.05) is 0 Å². The van der Waals surface area contributed by atoms with Crippen LogP contribution in [0, 0.1) is 12.7 Å². The molecule has 1 heterocycles. The Labute approximate surface area is 118 Å². The maximum Gasteiger partial charge on any atom is 0.426 e. The van der Waals surface area contributed by atoms with E-state index in [0.717, 1.165) is 4.70 Å². The maximum atomic E-state index is 13.2. The molecule has 106 valence electrons. The van der Waals surface area contributed by atoms with Gasteiger partial charge >= 0.3 is 6.09 Å². The lowest BCUT2D eigenvalue weighted by Gasteiger charge is -2.06. The van der Waals surface area contributed by atoms with Gasteiger partial charge in [0, 0.05) is 4.70 Å². The van der Waals surface area contributed by atoms with Crippen molar-refractivity contribution in [3.8, 4) is 0 Å². The van der Waals surface area contributed by atoms with E-state index in [1.165, 1.54) is 23.5 Å². The van der Waals surface area contributed by atoms with Crippen LogP contribution in [0.25, 0.3) is 10.1 Å². The van der Waals surface area contributed by atoms with Crippen LogP contribution >= 0.6 is 11.3 Å². The summed E-state index contributed by atoms with van der Waals surface area (Å²) < 4.78 is 18.6. The van der Waals surface area contributed by atoms with Crippen LogP contribution in [0.1, 0.15) is 22.2 Å². The normalized spacial score (nSPS) is 10.3. The molecule has 0 saturated heterocycles. The van der Waals surface area contributed by atoms with E-state index >= 15 is 0 Å². The number of hydrogen-bond acceptors (Lipinski definition) is 4. The molecular formula is C13H13FN2O3S. The number of hydrazine groups is 1. The van der Waals surface area contributed by atoms with Gasteiger partial charge in [0.25, 0.3) is 5.91 Å². The van der Waals surface area contributed by atoms with Crippen molar-refractivity contribution in [1.29, 1.82) is 0 Å². The van der Waals surface area contributed by atoms with Crippen LogP contribution in [0.2, 0.25) is 0 Å². The highest BCUT2D eigenvalue weighted by molar-refractivity contribution is 7.21. The number of ether oxygens (including phenoxy) is 1. The second-order valence-corrected chi connectivity index (χ2v) is 5.05. The number of carbonyl (C=O) groups excluding carboxylic acids is 2. The molecule has 0 unspecified atom stereocenters. The average Bonchev–Trinajstić information content (AvgIpc) is 2.74. The molecule has 0 radical (unpaired) electrons. The van der Waals surface area contributed by atoms with Gasteiger partial charge in [-0.05, 0) is 43.0 Å². The summed E-state index contributed by atoms with van der Waals surface area (Å²) in [5.41, 5.74) is 5.06. The second-order valence-electron chi connectivity index (χ2n) is 4.00. The van der Waals surface area contributed by atoms with Crippen molar-refractivity contribution in [2.24, 2.45) is 0 Å². The van der Waals surface area contributed by atoms with Gasteiger partial charge in [0.2, 0.25) is 0 Å². The minimum Gasteiger partial charge on any atom is -0.449 e. The van der Waals surface area contributed by atoms with Crippen LogP contribution in [-0.4, -0.2) is 18.6 Å². The lowest BCUT2D eigenvalue weighted by Crippen LogP contribution is -2.41. The Morgan fingerprint density at radius 1 is 1.35 bits per heavy atom. The molecule has 2 N–H and O–H groups in total. The Kier molecular flexibility index (Phi) is 4.19. The minimum absolute atomic E-state index is 0.211. The smallest absolute Gasteiger partial charge is 0.426 e. The lowest BCUT2D eigenvalue weighted by molar-refractivity contribution is 0.0916. The van der Waals surface area contributed by atoms with Crippen LogP contribution < -0.4 is 10.9 Å². The SMILES string of the molecule is CCOC(=O)NNC(=O)c1sc2ccc(F)cc2c1C. The van der Waals surface area contributed by atoms with E-state index in [9.17, 15) is 14.0 Å². The molecule has 2 amide bonds. The summed E-state index contributed by atoms with van der Waals surface area (Å²) in [6.45, 7) is 3.60. The third kappa shape index (κ3) is 2.88. The van der Waals surface area contributed by atoms with Crippen LogP contribution in [0.4, 0.5) is 9.18 Å². The fourth-order valence-electron chi connectivity index (χ4n) is 1.74. The number of aryl methyl sites for hydroxylation is 1. The van der Waals surface area contributed by atoms with Gasteiger partial charge in [-0.3, -0.25) is 10.2 Å². The molecule has 0 atom stereocenters. The summed E-state index contributed by atoms with van der Waals surface area (Å²) in [6.07, 6.45) is -0.731. The number of fused-ring (bicyclic) bond motifs is 1. The third-order valence-electron chi connectivity index (χ3n) is 2.66. The quantitative estimate of drug-likeness (QED) is 0.837. The van der Waals surface area contributed by atoms with Gasteiger partial charge in [0.05, 0.1) is 11.5 Å². The highest BCUT2D eigenvalue weighted by Crippen LogP contribution is 2.31. The van der Waals surface area contributed by atoms with E-state index < -0.39 is 12.0 Å². The molecule has 0 bridgehead atoms. The van der Waals surface area contributed by atoms with Crippen LogP contribution in [-0.2, 0) is 4.74 Å². The zero-order valence-corrected chi connectivity index (χ0v) is 11.8. The van der Waals surface area contributed by atoms with Crippen molar-refractivity contribution in [3.63, 3.8) is 0 Å². The topological polar surface area (TPSA) is 67.4 Å². The molecule has 0 aliphatic heterocycles. The zero-order valence-electron chi connectivity index (χ0n) is 11.0. The highest BCUT2D eigenvalue weighted by atomic mass is 32.1. The molecule has 20 heavy (non-hydrogen) atoms. The third-order valence-corrected chi connectivity index (χ3v) is 3.93. The molecular weight excluding hydrogens is 283 g/mol. The number of nitrogens with one attached hydrogen (secondary N) is 2. The van der Waals surface area contributed by atoms with Gasteiger partial charge in [0.1, 0.15) is 5.82 Å². The molecule has 1 aromatic carbocycles. The first kappa shape index (κ1) is 14.3. The number of carbonyl (C=O) groups is 2. The number of rotatable bonds is 2. The Bertz CT molecular complexity index is 669. The van der Waals surface area contributed by atoms with Crippen molar-refractivity contribution >= 4 is 33.4 Å². The lowest BCUT2D eigenvalue weighted by atomic mass is 10.1. The summed E-state index contributed by atoms with van der Waals surface area (Å²) in [6, 6.07) is 4.35.